The molecule has 4 heteroatoms. The summed E-state index contributed by atoms with van der Waals surface area (Å²) in [6.45, 7) is 9.64. The van der Waals surface area contributed by atoms with Gasteiger partial charge in [-0.3, -0.25) is 0 Å². The van der Waals surface area contributed by atoms with Crippen molar-refractivity contribution in [2.45, 2.75) is 47.1 Å². The van der Waals surface area contributed by atoms with Crippen LogP contribution in [0.2, 0.25) is 0 Å². The average Bonchev–Trinajstić information content (AvgIpc) is 2.73. The molecule has 1 heterocycles. The van der Waals surface area contributed by atoms with Gasteiger partial charge in [0.15, 0.2) is 0 Å². The van der Waals surface area contributed by atoms with Gasteiger partial charge in [-0.1, -0.05) is 36.3 Å². The van der Waals surface area contributed by atoms with E-state index in [4.69, 9.17) is 0 Å². The summed E-state index contributed by atoms with van der Waals surface area (Å²) < 4.78 is 2.04. The van der Waals surface area contributed by atoms with Crippen LogP contribution >= 0.6 is 8.35 Å². The molecule has 0 atom stereocenters. The van der Waals surface area contributed by atoms with Crippen LogP contribution in [-0.4, -0.2) is 14.8 Å². The highest BCUT2D eigenvalue weighted by Crippen LogP contribution is 2.31. The maximum Gasteiger partial charge on any atom is 0.141 e. The molecule has 0 saturated carbocycles. The summed E-state index contributed by atoms with van der Waals surface area (Å²) in [7, 11) is 1.12. The second kappa shape index (κ2) is 5.62. The highest BCUT2D eigenvalue weighted by molar-refractivity contribution is 7.29. The Bertz CT molecular complexity index is 523. The molecule has 0 N–H and O–H groups in total. The van der Waals surface area contributed by atoms with Crippen LogP contribution < -0.4 is 0 Å². The van der Waals surface area contributed by atoms with Crippen molar-refractivity contribution in [1.29, 1.82) is 0 Å². The molecule has 0 aliphatic rings. The van der Waals surface area contributed by atoms with Gasteiger partial charge in [0.25, 0.3) is 0 Å². The molecule has 1 aromatic carbocycles. The zero-order valence-corrected chi connectivity index (χ0v) is 12.5. The maximum atomic E-state index is 4.35. The van der Waals surface area contributed by atoms with E-state index in [-0.39, 0.29) is 0 Å². The monoisotopic (exact) mass is 261 g/mol. The Kier molecular flexibility index (Phi) is 4.13. The number of hydrogen-bond donors (Lipinski definition) is 0. The summed E-state index contributed by atoms with van der Waals surface area (Å²) in [5.74, 6) is 0. The first-order chi connectivity index (χ1) is 8.61. The summed E-state index contributed by atoms with van der Waals surface area (Å²) in [4.78, 5) is 0. The van der Waals surface area contributed by atoms with E-state index in [2.05, 4.69) is 50.1 Å². The van der Waals surface area contributed by atoms with E-state index in [9.17, 15) is 0 Å². The Morgan fingerprint density at radius 3 is 2.44 bits per heavy atom. The lowest BCUT2D eigenvalue weighted by Crippen LogP contribution is -1.94. The van der Waals surface area contributed by atoms with Gasteiger partial charge < -0.3 is 0 Å². The molecule has 0 fully saturated rings. The fourth-order valence-electron chi connectivity index (χ4n) is 2.27. The number of nitrogens with zero attached hydrogens (tertiary/aromatic N) is 3. The SMILES string of the molecule is CCCCn1nnc(-c2c(C)cc(C)cc2C)p1. The molecule has 0 spiro atoms. The number of unbranched alkanes of at least 4 members (excludes halogenated alkanes) is 1. The van der Waals surface area contributed by atoms with E-state index in [0.29, 0.717) is 0 Å². The van der Waals surface area contributed by atoms with Crippen molar-refractivity contribution in [2.75, 3.05) is 0 Å². The fourth-order valence-corrected chi connectivity index (χ4v) is 3.34. The lowest BCUT2D eigenvalue weighted by molar-refractivity contribution is 0.589. The molecule has 2 aromatic rings. The number of benzene rings is 1. The van der Waals surface area contributed by atoms with Gasteiger partial charge in [0.05, 0.1) is 8.35 Å². The lowest BCUT2D eigenvalue weighted by Gasteiger charge is -2.07. The van der Waals surface area contributed by atoms with Crippen LogP contribution in [0, 0.1) is 20.8 Å². The van der Waals surface area contributed by atoms with Crippen LogP contribution in [0.3, 0.4) is 0 Å². The van der Waals surface area contributed by atoms with Gasteiger partial charge in [-0.15, -0.1) is 5.10 Å². The van der Waals surface area contributed by atoms with Gasteiger partial charge >= 0.3 is 0 Å². The van der Waals surface area contributed by atoms with Crippen LogP contribution in [0.1, 0.15) is 36.5 Å². The van der Waals surface area contributed by atoms with Crippen molar-refractivity contribution in [3.05, 3.63) is 28.8 Å². The van der Waals surface area contributed by atoms with Gasteiger partial charge in [-0.05, 0) is 38.3 Å². The molecule has 0 aliphatic carbocycles. The van der Waals surface area contributed by atoms with Crippen molar-refractivity contribution in [2.24, 2.45) is 0 Å². The molecule has 2 rings (SSSR count). The molecule has 3 nitrogen and oxygen atoms in total. The molecular formula is C14H20N3P. The predicted octanol–water partition coefficient (Wildman–Crippen LogP) is 4.25. The van der Waals surface area contributed by atoms with E-state index >= 15 is 0 Å². The van der Waals surface area contributed by atoms with E-state index in [1.165, 1.54) is 35.1 Å². The highest BCUT2D eigenvalue weighted by Gasteiger charge is 2.11. The average molecular weight is 261 g/mol. The summed E-state index contributed by atoms with van der Waals surface area (Å²) in [5, 5.41) is 8.59. The highest BCUT2D eigenvalue weighted by atomic mass is 31.0. The minimum absolute atomic E-state index is 0.995. The Hall–Kier alpha value is -1.21. The third-order valence-electron chi connectivity index (χ3n) is 3.07. The third-order valence-corrected chi connectivity index (χ3v) is 4.08. The lowest BCUT2D eigenvalue weighted by atomic mass is 10.0. The summed E-state index contributed by atoms with van der Waals surface area (Å²) >= 11 is 0. The topological polar surface area (TPSA) is 30.7 Å². The second-order valence-corrected chi connectivity index (χ2v) is 5.92. The van der Waals surface area contributed by atoms with Crippen LogP contribution in [0.4, 0.5) is 0 Å². The number of aryl methyl sites for hydroxylation is 4. The Morgan fingerprint density at radius 1 is 1.17 bits per heavy atom. The summed E-state index contributed by atoms with van der Waals surface area (Å²) in [6, 6.07) is 4.43. The van der Waals surface area contributed by atoms with E-state index < -0.39 is 0 Å². The third kappa shape index (κ3) is 2.78. The first kappa shape index (κ1) is 13.2. The van der Waals surface area contributed by atoms with Crippen LogP contribution in [0.15, 0.2) is 12.1 Å². The first-order valence-electron chi connectivity index (χ1n) is 6.48. The molecule has 0 amide bonds. The first-order valence-corrected chi connectivity index (χ1v) is 7.32. The number of aromatic nitrogens is 3. The van der Waals surface area contributed by atoms with Crippen molar-refractivity contribution < 1.29 is 0 Å². The van der Waals surface area contributed by atoms with E-state index in [1.807, 2.05) is 4.44 Å². The smallest absolute Gasteiger partial charge is 0.141 e. The zero-order chi connectivity index (χ0) is 13.1. The largest absolute Gasteiger partial charge is 0.227 e. The van der Waals surface area contributed by atoms with Gasteiger partial charge in [-0.2, -0.15) is 0 Å². The molecule has 96 valence electrons. The molecule has 1 aromatic heterocycles. The van der Waals surface area contributed by atoms with Crippen molar-refractivity contribution in [3.63, 3.8) is 0 Å². The van der Waals surface area contributed by atoms with Gasteiger partial charge in [0, 0.05) is 12.1 Å². The quantitative estimate of drug-likeness (QED) is 0.823. The molecule has 0 unspecified atom stereocenters. The van der Waals surface area contributed by atoms with E-state index in [1.54, 1.807) is 0 Å². The number of rotatable bonds is 4. The minimum atomic E-state index is 0.995. The Morgan fingerprint density at radius 2 is 1.83 bits per heavy atom. The van der Waals surface area contributed by atoms with Crippen molar-refractivity contribution >= 4 is 8.35 Å². The van der Waals surface area contributed by atoms with Crippen molar-refractivity contribution in [3.8, 4) is 11.0 Å². The minimum Gasteiger partial charge on any atom is -0.227 e. The van der Waals surface area contributed by atoms with Gasteiger partial charge in [0.2, 0.25) is 0 Å². The predicted molar refractivity (Wildman–Crippen MR) is 77.1 cm³/mol. The zero-order valence-electron chi connectivity index (χ0n) is 11.6. The molecule has 0 saturated heterocycles. The number of hydrogen-bond acceptors (Lipinski definition) is 2. The molecule has 18 heavy (non-hydrogen) atoms. The van der Waals surface area contributed by atoms with Crippen molar-refractivity contribution in [1.82, 2.24) is 14.8 Å². The maximum absolute atomic E-state index is 4.35. The standard InChI is InChI=1S/C14H20N3P/c1-5-6-7-17-16-15-14(18-17)13-11(3)8-10(2)9-12(13)4/h8-9H,5-7H2,1-4H3. The summed E-state index contributed by atoms with van der Waals surface area (Å²) in [6.07, 6.45) is 2.37. The molecule has 0 aliphatic heterocycles. The van der Waals surface area contributed by atoms with Crippen LogP contribution in [-0.2, 0) is 6.54 Å². The Balaban J connectivity index is 2.34. The summed E-state index contributed by atoms with van der Waals surface area (Å²) in [5.41, 5.74) is 6.26. The van der Waals surface area contributed by atoms with Crippen LogP contribution in [0.5, 0.6) is 0 Å². The normalized spacial score (nSPS) is 11.3. The molecular weight excluding hydrogens is 241 g/mol. The Labute approximate surface area is 110 Å². The van der Waals surface area contributed by atoms with E-state index in [0.717, 1.165) is 20.3 Å². The fraction of sp³-hybridized carbons (Fsp3) is 0.500. The molecule has 0 radical (unpaired) electrons. The van der Waals surface area contributed by atoms with Gasteiger partial charge in [-0.25, -0.2) is 4.44 Å². The second-order valence-electron chi connectivity index (χ2n) is 4.84. The van der Waals surface area contributed by atoms with Crippen LogP contribution in [0.25, 0.3) is 11.0 Å². The van der Waals surface area contributed by atoms with Gasteiger partial charge in [0.1, 0.15) is 5.43 Å². The molecule has 0 bridgehead atoms.